The number of halogens is 3. The fourth-order valence-electron chi connectivity index (χ4n) is 6.69. The molecule has 4 aliphatic carbocycles. The van der Waals surface area contributed by atoms with Gasteiger partial charge in [0.05, 0.1) is 28.9 Å². The predicted octanol–water partition coefficient (Wildman–Crippen LogP) is 5.63. The van der Waals surface area contributed by atoms with Crippen LogP contribution >= 0.6 is 11.8 Å². The molecule has 0 radical (unpaired) electrons. The van der Waals surface area contributed by atoms with E-state index in [1.54, 1.807) is 26.0 Å². The second kappa shape index (κ2) is 8.98. The molecule has 0 bridgehead atoms. The van der Waals surface area contributed by atoms with Crippen molar-refractivity contribution in [3.8, 4) is 6.07 Å². The Balaban J connectivity index is 1.65. The zero-order chi connectivity index (χ0) is 28.6. The Morgan fingerprint density at radius 2 is 1.95 bits per heavy atom. The molecule has 0 aromatic heterocycles. The fraction of sp³-hybridized carbons (Fsp3) is 0.367. The van der Waals surface area contributed by atoms with E-state index in [1.165, 1.54) is 18.2 Å². The number of rotatable bonds is 3. The van der Waals surface area contributed by atoms with Crippen molar-refractivity contribution < 1.29 is 37.3 Å². The highest BCUT2D eigenvalue weighted by Gasteiger charge is 2.64. The van der Waals surface area contributed by atoms with E-state index in [2.05, 4.69) is 0 Å². The molecule has 0 fully saturated rings. The van der Waals surface area contributed by atoms with Gasteiger partial charge in [-0.15, -0.1) is 0 Å². The van der Waals surface area contributed by atoms with Gasteiger partial charge >= 0.3 is 6.18 Å². The summed E-state index contributed by atoms with van der Waals surface area (Å²) in [7, 11) is 0. The van der Waals surface area contributed by atoms with E-state index < -0.39 is 28.7 Å². The van der Waals surface area contributed by atoms with Crippen molar-refractivity contribution in [2.75, 3.05) is 12.5 Å². The van der Waals surface area contributed by atoms with Gasteiger partial charge < -0.3 is 14.6 Å². The molecule has 10 heteroatoms. The standard InChI is InChI=1S/C30H24F3NO5S/c1-15-9-21-22(35)11-20-18-10-24-26(39-14-38-24)25(18)19(16-3-5-17(6-4-16)30(31,32)33)12-29(20,27(37)40-8-7-34)28(21,2)13-23(15)36/h3-6,9,11-12,15,23,36H,8,10,13-14H2,1-2H3/t15-,23-,28-,29-/m0/s1. The van der Waals surface area contributed by atoms with Crippen molar-refractivity contribution in [3.05, 3.63) is 87.4 Å². The lowest BCUT2D eigenvalue weighted by Crippen LogP contribution is -2.55. The molecule has 0 unspecified atom stereocenters. The summed E-state index contributed by atoms with van der Waals surface area (Å²) >= 11 is 0.822. The van der Waals surface area contributed by atoms with E-state index >= 15 is 0 Å². The lowest BCUT2D eigenvalue weighted by Gasteiger charge is -2.55. The number of carbonyl (C=O) groups excluding carboxylic acids is 2. The molecular formula is C30H24F3NO5S. The molecule has 0 saturated carbocycles. The van der Waals surface area contributed by atoms with Gasteiger partial charge in [-0.3, -0.25) is 9.59 Å². The van der Waals surface area contributed by atoms with Crippen molar-refractivity contribution in [3.63, 3.8) is 0 Å². The van der Waals surface area contributed by atoms with Gasteiger partial charge in [-0.2, -0.15) is 18.4 Å². The van der Waals surface area contributed by atoms with Gasteiger partial charge in [-0.05, 0) is 46.9 Å². The number of hydrogen-bond donors (Lipinski definition) is 1. The van der Waals surface area contributed by atoms with Crippen molar-refractivity contribution in [1.29, 1.82) is 5.26 Å². The number of hydrogen-bond acceptors (Lipinski definition) is 7. The van der Waals surface area contributed by atoms with E-state index in [-0.39, 0.29) is 42.2 Å². The number of ketones is 1. The third kappa shape index (κ3) is 3.60. The minimum absolute atomic E-state index is 0.0174. The summed E-state index contributed by atoms with van der Waals surface area (Å²) in [5, 5.41) is 19.9. The van der Waals surface area contributed by atoms with Crippen LogP contribution in [0.1, 0.15) is 37.8 Å². The zero-order valence-electron chi connectivity index (χ0n) is 21.6. The maximum absolute atomic E-state index is 14.3. The van der Waals surface area contributed by atoms with Crippen LogP contribution in [0.25, 0.3) is 5.57 Å². The largest absolute Gasteiger partial charge is 0.458 e. The Hall–Kier alpha value is -3.55. The normalized spacial score (nSPS) is 30.6. The Morgan fingerprint density at radius 1 is 1.23 bits per heavy atom. The molecule has 1 N–H and O–H groups in total. The molecule has 40 heavy (non-hydrogen) atoms. The van der Waals surface area contributed by atoms with Gasteiger partial charge in [0.2, 0.25) is 11.9 Å². The molecule has 1 aromatic rings. The van der Waals surface area contributed by atoms with Gasteiger partial charge in [0.25, 0.3) is 0 Å². The summed E-state index contributed by atoms with van der Waals surface area (Å²) in [4.78, 5) is 27.9. The summed E-state index contributed by atoms with van der Waals surface area (Å²) in [5.74, 6) is 0.233. The van der Waals surface area contributed by atoms with Gasteiger partial charge in [0.1, 0.15) is 5.76 Å². The maximum Gasteiger partial charge on any atom is 0.416 e. The molecule has 206 valence electrons. The average Bonchev–Trinajstić information content (AvgIpc) is 3.50. The molecular weight excluding hydrogens is 543 g/mol. The quantitative estimate of drug-likeness (QED) is 0.506. The van der Waals surface area contributed by atoms with Crippen molar-refractivity contribution in [1.82, 2.24) is 0 Å². The number of thioether (sulfide) groups is 1. The highest BCUT2D eigenvalue weighted by Crippen LogP contribution is 2.67. The van der Waals surface area contributed by atoms with Crippen LogP contribution in [0.4, 0.5) is 13.2 Å². The Bertz CT molecular complexity index is 1560. The number of alkyl halides is 3. The van der Waals surface area contributed by atoms with Crippen LogP contribution < -0.4 is 0 Å². The number of aliphatic hydroxyl groups is 1. The van der Waals surface area contributed by atoms with Crippen LogP contribution in [0.3, 0.4) is 0 Å². The van der Waals surface area contributed by atoms with Gasteiger partial charge in [0, 0.05) is 28.9 Å². The first-order valence-electron chi connectivity index (χ1n) is 12.8. The molecule has 6 nitrogen and oxygen atoms in total. The summed E-state index contributed by atoms with van der Waals surface area (Å²) < 4.78 is 51.6. The molecule has 1 aliphatic heterocycles. The summed E-state index contributed by atoms with van der Waals surface area (Å²) in [6.45, 7) is 3.56. The van der Waals surface area contributed by atoms with E-state index in [0.29, 0.717) is 44.9 Å². The third-order valence-corrected chi connectivity index (χ3v) is 9.57. The van der Waals surface area contributed by atoms with Gasteiger partial charge in [-0.25, -0.2) is 0 Å². The average molecular weight is 568 g/mol. The third-order valence-electron chi connectivity index (χ3n) is 8.71. The first-order valence-corrected chi connectivity index (χ1v) is 13.8. The SMILES string of the molecule is C[C@H]1C=C2C(=O)C=C3C4=C(C(c5ccc(C(F)(F)F)cc5)=C[C@]3(C(=O)SCC#N)[C@@]2(C)C[C@@H]1O)C1=C(C4)OCO1. The van der Waals surface area contributed by atoms with Crippen LogP contribution in [0, 0.1) is 28.1 Å². The van der Waals surface area contributed by atoms with E-state index in [0.717, 1.165) is 23.9 Å². The minimum atomic E-state index is -4.53. The van der Waals surface area contributed by atoms with Crippen LogP contribution in [0.15, 0.2) is 76.3 Å². The number of allylic oxidation sites excluding steroid dienone is 6. The smallest absolute Gasteiger partial charge is 0.416 e. The summed E-state index contributed by atoms with van der Waals surface area (Å²) in [5.41, 5.74) is -0.553. The zero-order valence-corrected chi connectivity index (χ0v) is 22.4. The van der Waals surface area contributed by atoms with E-state index in [9.17, 15) is 33.1 Å². The highest BCUT2D eigenvalue weighted by molar-refractivity contribution is 8.13. The Kier molecular flexibility index (Phi) is 5.99. The monoisotopic (exact) mass is 567 g/mol. The van der Waals surface area contributed by atoms with Gasteiger partial charge in [-0.1, -0.05) is 49.9 Å². The molecule has 6 rings (SSSR count). The fourth-order valence-corrected chi connectivity index (χ4v) is 7.51. The number of nitrogens with zero attached hydrogens (tertiary/aromatic N) is 1. The van der Waals surface area contributed by atoms with Crippen LogP contribution in [0.2, 0.25) is 0 Å². The van der Waals surface area contributed by atoms with Crippen molar-refractivity contribution in [2.45, 2.75) is 39.0 Å². The maximum atomic E-state index is 14.3. The molecule has 4 atom stereocenters. The second-order valence-electron chi connectivity index (χ2n) is 10.8. The lowest BCUT2D eigenvalue weighted by atomic mass is 9.47. The molecule has 1 aromatic carbocycles. The van der Waals surface area contributed by atoms with Gasteiger partial charge in [0.15, 0.2) is 11.5 Å². The summed E-state index contributed by atoms with van der Waals surface area (Å²) in [6, 6.07) is 6.67. The summed E-state index contributed by atoms with van der Waals surface area (Å²) in [6.07, 6.45) is -0.156. The lowest BCUT2D eigenvalue weighted by molar-refractivity contribution is -0.137. The number of nitriles is 1. The predicted molar refractivity (Wildman–Crippen MR) is 140 cm³/mol. The highest BCUT2D eigenvalue weighted by atomic mass is 32.2. The second-order valence-corrected chi connectivity index (χ2v) is 11.8. The number of ether oxygens (including phenoxy) is 2. The number of benzene rings is 1. The molecule has 0 spiro atoms. The number of aliphatic hydroxyl groups excluding tert-OH is 1. The van der Waals surface area contributed by atoms with Crippen LogP contribution in [0.5, 0.6) is 0 Å². The molecule has 0 amide bonds. The van der Waals surface area contributed by atoms with Crippen LogP contribution in [-0.4, -0.2) is 34.7 Å². The molecule has 5 aliphatic rings. The molecule has 1 heterocycles. The van der Waals surface area contributed by atoms with Crippen LogP contribution in [-0.2, 0) is 25.2 Å². The first-order chi connectivity index (χ1) is 18.9. The minimum Gasteiger partial charge on any atom is -0.458 e. The van der Waals surface area contributed by atoms with Crippen molar-refractivity contribution in [2.24, 2.45) is 16.7 Å². The Labute approximate surface area is 232 Å². The Morgan fingerprint density at radius 3 is 2.62 bits per heavy atom. The van der Waals surface area contributed by atoms with E-state index in [4.69, 9.17) is 9.47 Å². The number of fused-ring (bicyclic) bond motifs is 5. The van der Waals surface area contributed by atoms with E-state index in [1.807, 2.05) is 6.07 Å². The number of carbonyl (C=O) groups is 2. The molecule has 0 saturated heterocycles. The first kappa shape index (κ1) is 26.7. The van der Waals surface area contributed by atoms with Crippen molar-refractivity contribution >= 4 is 28.2 Å². The topological polar surface area (TPSA) is 96.6 Å².